The first-order chi connectivity index (χ1) is 14.2. The normalized spacial score (nSPS) is 18.0. The first kappa shape index (κ1) is 23.0. The van der Waals surface area contributed by atoms with Crippen LogP contribution in [0.25, 0.3) is 0 Å². The van der Waals surface area contributed by atoms with Crippen molar-refractivity contribution in [2.75, 3.05) is 17.3 Å². The molecule has 0 unspecified atom stereocenters. The Hall–Kier alpha value is -1.64. The predicted octanol–water partition coefficient (Wildman–Crippen LogP) is 4.19. The van der Waals surface area contributed by atoms with Crippen molar-refractivity contribution in [3.05, 3.63) is 52.3 Å². The molecule has 0 saturated carbocycles. The van der Waals surface area contributed by atoms with Crippen molar-refractivity contribution in [1.82, 2.24) is 14.9 Å². The van der Waals surface area contributed by atoms with Crippen molar-refractivity contribution in [2.45, 2.75) is 50.9 Å². The zero-order chi connectivity index (χ0) is 21.9. The van der Waals surface area contributed by atoms with Crippen molar-refractivity contribution >= 4 is 39.1 Å². The van der Waals surface area contributed by atoms with Crippen LogP contribution < -0.4 is 0 Å². The second-order valence-electron chi connectivity index (χ2n) is 7.67. The number of aromatic nitrogens is 2. The van der Waals surface area contributed by atoms with Crippen molar-refractivity contribution in [1.29, 1.82) is 0 Å². The highest BCUT2D eigenvalue weighted by molar-refractivity contribution is 7.99. The van der Waals surface area contributed by atoms with E-state index in [2.05, 4.69) is 23.8 Å². The third kappa shape index (κ3) is 5.53. The van der Waals surface area contributed by atoms with E-state index < -0.39 is 15.9 Å². The van der Waals surface area contributed by atoms with Crippen LogP contribution in [-0.4, -0.2) is 52.5 Å². The lowest BCUT2D eigenvalue weighted by molar-refractivity contribution is 0.0674. The molecule has 162 valence electrons. The highest BCUT2D eigenvalue weighted by Gasteiger charge is 2.36. The summed E-state index contributed by atoms with van der Waals surface area (Å²) in [5.74, 6) is 0.855. The highest BCUT2D eigenvalue weighted by atomic mass is 35.5. The van der Waals surface area contributed by atoms with Gasteiger partial charge in [0.05, 0.1) is 22.7 Å². The number of benzene rings is 1. The lowest BCUT2D eigenvalue weighted by Crippen LogP contribution is -2.41. The number of thioether (sulfide) groups is 1. The van der Waals surface area contributed by atoms with Gasteiger partial charge in [-0.3, -0.25) is 4.79 Å². The van der Waals surface area contributed by atoms with Crippen LogP contribution in [0.15, 0.2) is 35.6 Å². The molecular formula is C21H26ClN3O3S2. The van der Waals surface area contributed by atoms with Crippen LogP contribution in [0.4, 0.5) is 0 Å². The molecule has 1 atom stereocenters. The summed E-state index contributed by atoms with van der Waals surface area (Å²) in [5, 5.41) is 0.645. The summed E-state index contributed by atoms with van der Waals surface area (Å²) in [6.45, 7) is 6.52. The molecule has 1 aromatic heterocycles. The first-order valence-electron chi connectivity index (χ1n) is 9.95. The Morgan fingerprint density at radius 2 is 2.00 bits per heavy atom. The van der Waals surface area contributed by atoms with E-state index in [1.807, 2.05) is 31.2 Å². The lowest BCUT2D eigenvalue weighted by atomic mass is 10.0. The van der Waals surface area contributed by atoms with Gasteiger partial charge in [0, 0.05) is 12.6 Å². The summed E-state index contributed by atoms with van der Waals surface area (Å²) in [6.07, 6.45) is 1.85. The third-order valence-corrected chi connectivity index (χ3v) is 7.88. The molecular weight excluding hydrogens is 442 g/mol. The Labute approximate surface area is 187 Å². The van der Waals surface area contributed by atoms with Gasteiger partial charge in [-0.25, -0.2) is 18.4 Å². The van der Waals surface area contributed by atoms with Gasteiger partial charge in [0.15, 0.2) is 20.7 Å². The summed E-state index contributed by atoms with van der Waals surface area (Å²) in [6, 6.07) is 7.65. The van der Waals surface area contributed by atoms with Gasteiger partial charge in [0.1, 0.15) is 0 Å². The van der Waals surface area contributed by atoms with Crippen LogP contribution in [0.1, 0.15) is 54.7 Å². The average Bonchev–Trinajstić information content (AvgIpc) is 3.07. The molecule has 0 N–H and O–H groups in total. The van der Waals surface area contributed by atoms with Crippen LogP contribution >= 0.6 is 23.4 Å². The second kappa shape index (κ2) is 9.66. The van der Waals surface area contributed by atoms with E-state index in [9.17, 15) is 13.2 Å². The molecule has 1 saturated heterocycles. The minimum absolute atomic E-state index is 0.0396. The molecule has 2 aromatic rings. The van der Waals surface area contributed by atoms with Crippen LogP contribution in [0.5, 0.6) is 0 Å². The summed E-state index contributed by atoms with van der Waals surface area (Å²) >= 11 is 7.68. The Kier molecular flexibility index (Phi) is 7.42. The van der Waals surface area contributed by atoms with Crippen molar-refractivity contribution in [2.24, 2.45) is 0 Å². The van der Waals surface area contributed by atoms with Crippen LogP contribution in [0.3, 0.4) is 0 Å². The quantitative estimate of drug-likeness (QED) is 0.448. The maximum atomic E-state index is 13.4. The molecule has 0 spiro atoms. The van der Waals surface area contributed by atoms with Crippen LogP contribution in [-0.2, 0) is 16.4 Å². The zero-order valence-electron chi connectivity index (χ0n) is 17.3. The van der Waals surface area contributed by atoms with E-state index in [0.717, 1.165) is 11.3 Å². The number of nitrogens with zero attached hydrogens (tertiary/aromatic N) is 3. The van der Waals surface area contributed by atoms with Crippen molar-refractivity contribution in [3.63, 3.8) is 0 Å². The minimum Gasteiger partial charge on any atom is -0.329 e. The van der Waals surface area contributed by atoms with Gasteiger partial charge in [-0.2, -0.15) is 0 Å². The van der Waals surface area contributed by atoms with E-state index in [4.69, 9.17) is 11.6 Å². The fourth-order valence-corrected chi connectivity index (χ4v) is 5.87. The minimum atomic E-state index is -3.16. The van der Waals surface area contributed by atoms with Gasteiger partial charge in [-0.1, -0.05) is 68.4 Å². The van der Waals surface area contributed by atoms with Gasteiger partial charge < -0.3 is 4.90 Å². The molecule has 1 fully saturated rings. The Bertz CT molecular complexity index is 1010. The molecule has 0 radical (unpaired) electrons. The van der Waals surface area contributed by atoms with Crippen LogP contribution in [0.2, 0.25) is 5.02 Å². The van der Waals surface area contributed by atoms with Gasteiger partial charge >= 0.3 is 0 Å². The monoisotopic (exact) mass is 467 g/mol. The largest absolute Gasteiger partial charge is 0.329 e. The number of rotatable bonds is 7. The fraction of sp³-hybridized carbons (Fsp3) is 0.476. The second-order valence-corrected chi connectivity index (χ2v) is 11.5. The summed E-state index contributed by atoms with van der Waals surface area (Å²) in [5.41, 5.74) is 2.26. The van der Waals surface area contributed by atoms with Gasteiger partial charge in [0.25, 0.3) is 5.91 Å². The number of halogens is 1. The fourth-order valence-electron chi connectivity index (χ4n) is 3.43. The molecule has 6 nitrogen and oxygen atoms in total. The van der Waals surface area contributed by atoms with Crippen molar-refractivity contribution < 1.29 is 13.2 Å². The number of sulfone groups is 1. The number of carbonyl (C=O) groups is 1. The number of hydrogen-bond acceptors (Lipinski definition) is 6. The number of amides is 1. The van der Waals surface area contributed by atoms with E-state index in [-0.39, 0.29) is 28.1 Å². The molecule has 0 bridgehead atoms. The van der Waals surface area contributed by atoms with E-state index >= 15 is 0 Å². The summed E-state index contributed by atoms with van der Waals surface area (Å²) in [4.78, 5) is 23.6. The SMILES string of the molecule is CCSc1ncc(Cl)c(C(=O)N(Cc2ccc(C(C)C)cc2)[C@@H]2CCS(=O)(=O)C2)n1. The predicted molar refractivity (Wildman–Crippen MR) is 121 cm³/mol. The molecule has 9 heteroatoms. The van der Waals surface area contributed by atoms with Gasteiger partial charge in [0.2, 0.25) is 0 Å². The molecule has 1 amide bonds. The molecule has 1 aromatic carbocycles. The average molecular weight is 468 g/mol. The summed E-state index contributed by atoms with van der Waals surface area (Å²) in [7, 11) is -3.16. The van der Waals surface area contributed by atoms with Crippen molar-refractivity contribution in [3.8, 4) is 0 Å². The maximum absolute atomic E-state index is 13.4. The van der Waals surface area contributed by atoms with Gasteiger partial charge in [-0.15, -0.1) is 0 Å². The molecule has 0 aliphatic carbocycles. The first-order valence-corrected chi connectivity index (χ1v) is 13.1. The maximum Gasteiger partial charge on any atom is 0.274 e. The smallest absolute Gasteiger partial charge is 0.274 e. The van der Waals surface area contributed by atoms with E-state index in [1.54, 1.807) is 4.90 Å². The Morgan fingerprint density at radius 3 is 2.57 bits per heavy atom. The van der Waals surface area contributed by atoms with Gasteiger partial charge in [-0.05, 0) is 29.2 Å². The molecule has 2 heterocycles. The lowest BCUT2D eigenvalue weighted by Gasteiger charge is -2.28. The van der Waals surface area contributed by atoms with E-state index in [1.165, 1.54) is 23.5 Å². The topological polar surface area (TPSA) is 80.2 Å². The Balaban J connectivity index is 1.93. The summed E-state index contributed by atoms with van der Waals surface area (Å²) < 4.78 is 24.2. The van der Waals surface area contributed by atoms with Crippen LogP contribution in [0, 0.1) is 0 Å². The third-order valence-electron chi connectivity index (χ3n) is 5.11. The highest BCUT2D eigenvalue weighted by Crippen LogP contribution is 2.26. The number of hydrogen-bond donors (Lipinski definition) is 0. The molecule has 3 rings (SSSR count). The molecule has 30 heavy (non-hydrogen) atoms. The molecule has 1 aliphatic rings. The number of carbonyl (C=O) groups excluding carboxylic acids is 1. The zero-order valence-corrected chi connectivity index (χ0v) is 19.7. The Morgan fingerprint density at radius 1 is 1.30 bits per heavy atom. The molecule has 1 aliphatic heterocycles. The standard InChI is InChI=1S/C21H26ClN3O3S2/c1-4-29-21-23-11-18(22)19(24-21)20(26)25(17-9-10-30(27,28)13-17)12-15-5-7-16(8-6-15)14(2)3/h5-8,11,14,17H,4,9-10,12-13H2,1-3H3/t17-/m1/s1. The van der Waals surface area contributed by atoms with E-state index in [0.29, 0.717) is 24.0 Å².